The molecule has 2 aromatic carbocycles. The van der Waals surface area contributed by atoms with Crippen LogP contribution in [0.1, 0.15) is 5.56 Å². The topological polar surface area (TPSA) is 31.4 Å². The van der Waals surface area contributed by atoms with Gasteiger partial charge in [-0.3, -0.25) is 0 Å². The zero-order valence-electron chi connectivity index (χ0n) is 12.7. The number of ether oxygens (including phenoxy) is 2. The van der Waals surface area contributed by atoms with Crippen molar-refractivity contribution in [1.82, 2.24) is 4.98 Å². The van der Waals surface area contributed by atoms with Crippen LogP contribution in [0.25, 0.3) is 11.3 Å². The molecule has 0 aliphatic rings. The van der Waals surface area contributed by atoms with Gasteiger partial charge >= 0.3 is 0 Å². The molecule has 3 aromatic rings. The highest BCUT2D eigenvalue weighted by Crippen LogP contribution is 2.31. The van der Waals surface area contributed by atoms with Crippen LogP contribution >= 0.6 is 0 Å². The molecule has 0 aliphatic carbocycles. The van der Waals surface area contributed by atoms with Gasteiger partial charge in [0.2, 0.25) is 5.88 Å². The van der Waals surface area contributed by atoms with Crippen LogP contribution in [0.2, 0.25) is 0 Å². The molecule has 23 heavy (non-hydrogen) atoms. The van der Waals surface area contributed by atoms with E-state index in [9.17, 15) is 4.39 Å². The van der Waals surface area contributed by atoms with E-state index in [0.717, 1.165) is 5.56 Å². The van der Waals surface area contributed by atoms with Crippen molar-refractivity contribution in [3.8, 4) is 22.9 Å². The number of halogens is 1. The van der Waals surface area contributed by atoms with Crippen molar-refractivity contribution in [3.63, 3.8) is 0 Å². The third-order valence-corrected chi connectivity index (χ3v) is 3.39. The maximum Gasteiger partial charge on any atom is 0.213 e. The predicted molar refractivity (Wildman–Crippen MR) is 87.0 cm³/mol. The Balaban J connectivity index is 1.91. The number of methoxy groups -OCH3 is 1. The highest BCUT2D eigenvalue weighted by atomic mass is 19.1. The summed E-state index contributed by atoms with van der Waals surface area (Å²) in [7, 11) is 1.55. The Labute approximate surface area is 134 Å². The molecular formula is C19H16FNO2. The molecule has 1 aromatic heterocycles. The fraction of sp³-hybridized carbons (Fsp3) is 0.105. The van der Waals surface area contributed by atoms with Crippen LogP contribution < -0.4 is 9.47 Å². The van der Waals surface area contributed by atoms with Crippen molar-refractivity contribution >= 4 is 0 Å². The summed E-state index contributed by atoms with van der Waals surface area (Å²) >= 11 is 0. The molecule has 4 heteroatoms. The van der Waals surface area contributed by atoms with Gasteiger partial charge in [-0.05, 0) is 29.8 Å². The van der Waals surface area contributed by atoms with Gasteiger partial charge in [0.05, 0.1) is 12.8 Å². The molecule has 0 bridgehead atoms. The van der Waals surface area contributed by atoms with Crippen molar-refractivity contribution in [2.45, 2.75) is 6.61 Å². The zero-order valence-corrected chi connectivity index (χ0v) is 12.7. The maximum absolute atomic E-state index is 13.7. The minimum Gasteiger partial charge on any atom is -0.488 e. The van der Waals surface area contributed by atoms with E-state index in [1.807, 2.05) is 36.4 Å². The van der Waals surface area contributed by atoms with Crippen LogP contribution in [-0.2, 0) is 6.61 Å². The first-order valence-corrected chi connectivity index (χ1v) is 7.24. The molecule has 1 heterocycles. The van der Waals surface area contributed by atoms with Crippen LogP contribution in [0.4, 0.5) is 4.39 Å². The van der Waals surface area contributed by atoms with Crippen molar-refractivity contribution in [2.75, 3.05) is 7.11 Å². The van der Waals surface area contributed by atoms with Gasteiger partial charge in [-0.1, -0.05) is 36.4 Å². The van der Waals surface area contributed by atoms with Gasteiger partial charge in [-0.2, -0.15) is 0 Å². The molecule has 0 aliphatic heterocycles. The second-order valence-corrected chi connectivity index (χ2v) is 4.98. The van der Waals surface area contributed by atoms with Gasteiger partial charge < -0.3 is 9.47 Å². The standard InChI is InChI=1S/C19H16FNO2/c1-22-19-9-5-8-17(21-19)16-12-15(20)10-11-18(16)23-13-14-6-3-2-4-7-14/h2-12H,13H2,1H3. The highest BCUT2D eigenvalue weighted by Gasteiger charge is 2.10. The molecule has 0 amide bonds. The van der Waals surface area contributed by atoms with Gasteiger partial charge in [-0.25, -0.2) is 9.37 Å². The Hall–Kier alpha value is -2.88. The molecule has 116 valence electrons. The molecule has 0 radical (unpaired) electrons. The molecule has 0 saturated heterocycles. The average Bonchev–Trinajstić information content (AvgIpc) is 2.61. The van der Waals surface area contributed by atoms with Crippen molar-refractivity contribution in [2.24, 2.45) is 0 Å². The van der Waals surface area contributed by atoms with Gasteiger partial charge in [0.25, 0.3) is 0 Å². The van der Waals surface area contributed by atoms with E-state index in [4.69, 9.17) is 9.47 Å². The summed E-state index contributed by atoms with van der Waals surface area (Å²) in [6.45, 7) is 0.406. The maximum atomic E-state index is 13.7. The number of rotatable bonds is 5. The summed E-state index contributed by atoms with van der Waals surface area (Å²) in [4.78, 5) is 4.35. The second-order valence-electron chi connectivity index (χ2n) is 4.98. The fourth-order valence-corrected chi connectivity index (χ4v) is 2.24. The molecule has 0 atom stereocenters. The largest absolute Gasteiger partial charge is 0.488 e. The Kier molecular flexibility index (Phi) is 4.52. The molecule has 0 unspecified atom stereocenters. The Bertz CT molecular complexity index is 790. The minimum absolute atomic E-state index is 0.336. The summed E-state index contributed by atoms with van der Waals surface area (Å²) in [5, 5.41) is 0. The number of hydrogen-bond acceptors (Lipinski definition) is 3. The Morgan fingerprint density at radius 3 is 2.57 bits per heavy atom. The molecular weight excluding hydrogens is 293 g/mol. The molecule has 0 spiro atoms. The molecule has 3 nitrogen and oxygen atoms in total. The van der Waals surface area contributed by atoms with E-state index in [1.165, 1.54) is 12.1 Å². The quantitative estimate of drug-likeness (QED) is 0.696. The van der Waals surface area contributed by atoms with Gasteiger partial charge in [0, 0.05) is 11.6 Å². The first-order valence-electron chi connectivity index (χ1n) is 7.24. The second kappa shape index (κ2) is 6.92. The van der Waals surface area contributed by atoms with E-state index >= 15 is 0 Å². The van der Waals surface area contributed by atoms with Crippen molar-refractivity contribution in [3.05, 3.63) is 78.1 Å². The third-order valence-electron chi connectivity index (χ3n) is 3.39. The highest BCUT2D eigenvalue weighted by molar-refractivity contribution is 5.67. The summed E-state index contributed by atoms with van der Waals surface area (Å²) in [5.41, 5.74) is 2.24. The third kappa shape index (κ3) is 3.66. The van der Waals surface area contributed by atoms with Gasteiger partial charge in [-0.15, -0.1) is 0 Å². The fourth-order valence-electron chi connectivity index (χ4n) is 2.24. The first-order chi connectivity index (χ1) is 11.3. The summed E-state index contributed by atoms with van der Waals surface area (Å²) < 4.78 is 24.7. The number of nitrogens with zero attached hydrogens (tertiary/aromatic N) is 1. The molecule has 3 rings (SSSR count). The lowest BCUT2D eigenvalue weighted by Crippen LogP contribution is -1.98. The predicted octanol–water partition coefficient (Wildman–Crippen LogP) is 4.48. The Morgan fingerprint density at radius 2 is 1.78 bits per heavy atom. The Morgan fingerprint density at radius 1 is 0.957 bits per heavy atom. The lowest BCUT2D eigenvalue weighted by Gasteiger charge is -2.12. The monoisotopic (exact) mass is 309 g/mol. The van der Waals surface area contributed by atoms with Crippen LogP contribution in [0.15, 0.2) is 66.7 Å². The molecule has 0 saturated carbocycles. The SMILES string of the molecule is COc1cccc(-c2cc(F)ccc2OCc2ccccc2)n1. The van der Waals surface area contributed by atoms with Crippen LogP contribution in [0, 0.1) is 5.82 Å². The minimum atomic E-state index is -0.336. The van der Waals surface area contributed by atoms with Crippen LogP contribution in [0.5, 0.6) is 11.6 Å². The summed E-state index contributed by atoms with van der Waals surface area (Å²) in [5.74, 6) is 0.716. The van der Waals surface area contributed by atoms with E-state index in [-0.39, 0.29) is 5.82 Å². The van der Waals surface area contributed by atoms with Crippen molar-refractivity contribution < 1.29 is 13.9 Å². The summed E-state index contributed by atoms with van der Waals surface area (Å²) in [6, 6.07) is 19.6. The molecule has 0 N–H and O–H groups in total. The van der Waals surface area contributed by atoms with Crippen LogP contribution in [-0.4, -0.2) is 12.1 Å². The number of pyridine rings is 1. The lowest BCUT2D eigenvalue weighted by molar-refractivity contribution is 0.307. The van der Waals surface area contributed by atoms with E-state index < -0.39 is 0 Å². The number of hydrogen-bond donors (Lipinski definition) is 0. The van der Waals surface area contributed by atoms with E-state index in [0.29, 0.717) is 29.5 Å². The van der Waals surface area contributed by atoms with Crippen LogP contribution in [0.3, 0.4) is 0 Å². The smallest absolute Gasteiger partial charge is 0.213 e. The lowest BCUT2D eigenvalue weighted by atomic mass is 10.1. The first kappa shape index (κ1) is 15.0. The van der Waals surface area contributed by atoms with E-state index in [1.54, 1.807) is 25.3 Å². The zero-order chi connectivity index (χ0) is 16.1. The number of benzene rings is 2. The average molecular weight is 309 g/mol. The van der Waals surface area contributed by atoms with Crippen molar-refractivity contribution in [1.29, 1.82) is 0 Å². The number of aromatic nitrogens is 1. The van der Waals surface area contributed by atoms with Gasteiger partial charge in [0.1, 0.15) is 18.2 Å². The van der Waals surface area contributed by atoms with Gasteiger partial charge in [0.15, 0.2) is 0 Å². The summed E-state index contributed by atoms with van der Waals surface area (Å²) in [6.07, 6.45) is 0. The molecule has 0 fully saturated rings. The van der Waals surface area contributed by atoms with E-state index in [2.05, 4.69) is 4.98 Å². The normalized spacial score (nSPS) is 10.3.